The van der Waals surface area contributed by atoms with Crippen molar-refractivity contribution in [3.63, 3.8) is 0 Å². The molecule has 0 bridgehead atoms. The zero-order valence-corrected chi connectivity index (χ0v) is 10.0. The molecular formula is C13H16F2N2O. The summed E-state index contributed by atoms with van der Waals surface area (Å²) in [4.78, 5) is 11.7. The van der Waals surface area contributed by atoms with Crippen molar-refractivity contribution in [2.24, 2.45) is 5.92 Å². The Morgan fingerprint density at radius 1 is 1.28 bits per heavy atom. The highest BCUT2D eigenvalue weighted by Crippen LogP contribution is 2.20. The van der Waals surface area contributed by atoms with Crippen LogP contribution in [0.3, 0.4) is 0 Å². The maximum Gasteiger partial charge on any atom is 0.224 e. The minimum absolute atomic E-state index is 0.293. The number of anilines is 1. The fraction of sp³-hybridized carbons (Fsp3) is 0.462. The van der Waals surface area contributed by atoms with E-state index in [1.165, 1.54) is 6.07 Å². The third kappa shape index (κ3) is 3.26. The van der Waals surface area contributed by atoms with Crippen LogP contribution in [0.2, 0.25) is 0 Å². The van der Waals surface area contributed by atoms with E-state index in [1.807, 2.05) is 0 Å². The number of para-hydroxylation sites is 1. The Balaban J connectivity index is 1.94. The van der Waals surface area contributed by atoms with Gasteiger partial charge in [0.2, 0.25) is 5.91 Å². The van der Waals surface area contributed by atoms with Crippen LogP contribution in [0, 0.1) is 17.6 Å². The summed E-state index contributed by atoms with van der Waals surface area (Å²) >= 11 is 0. The predicted molar refractivity (Wildman–Crippen MR) is 65.2 cm³/mol. The molecule has 1 fully saturated rings. The van der Waals surface area contributed by atoms with Crippen LogP contribution in [0.1, 0.15) is 19.3 Å². The van der Waals surface area contributed by atoms with Gasteiger partial charge in [0.15, 0.2) is 0 Å². The van der Waals surface area contributed by atoms with Crippen LogP contribution >= 0.6 is 0 Å². The van der Waals surface area contributed by atoms with Gasteiger partial charge in [-0.05, 0) is 44.0 Å². The first-order valence-corrected chi connectivity index (χ1v) is 6.11. The zero-order chi connectivity index (χ0) is 13.0. The summed E-state index contributed by atoms with van der Waals surface area (Å²) < 4.78 is 26.6. The van der Waals surface area contributed by atoms with E-state index in [0.717, 1.165) is 38.1 Å². The SMILES string of the molecule is O=C(CC1CCNCC1)Nc1c(F)cccc1F. The van der Waals surface area contributed by atoms with Gasteiger partial charge in [0.25, 0.3) is 0 Å². The second kappa shape index (κ2) is 5.91. The number of amides is 1. The summed E-state index contributed by atoms with van der Waals surface area (Å²) in [5.74, 6) is -1.52. The number of carbonyl (C=O) groups excluding carboxylic acids is 1. The van der Waals surface area contributed by atoms with Crippen LogP contribution in [0.15, 0.2) is 18.2 Å². The molecule has 1 aliphatic heterocycles. The van der Waals surface area contributed by atoms with Gasteiger partial charge in [-0.3, -0.25) is 4.79 Å². The number of hydrogen-bond acceptors (Lipinski definition) is 2. The third-order valence-electron chi connectivity index (χ3n) is 3.16. The summed E-state index contributed by atoms with van der Waals surface area (Å²) in [6, 6.07) is 3.53. The van der Waals surface area contributed by atoms with Crippen LogP contribution in [0.25, 0.3) is 0 Å². The Kier molecular flexibility index (Phi) is 4.25. The maximum atomic E-state index is 13.3. The van der Waals surface area contributed by atoms with Gasteiger partial charge in [0, 0.05) is 6.42 Å². The molecule has 2 rings (SSSR count). The number of piperidine rings is 1. The van der Waals surface area contributed by atoms with Gasteiger partial charge >= 0.3 is 0 Å². The Morgan fingerprint density at radius 3 is 2.50 bits per heavy atom. The lowest BCUT2D eigenvalue weighted by atomic mass is 9.94. The molecular weight excluding hydrogens is 238 g/mol. The summed E-state index contributed by atoms with van der Waals surface area (Å²) in [6.07, 6.45) is 2.16. The molecule has 1 saturated heterocycles. The lowest BCUT2D eigenvalue weighted by molar-refractivity contribution is -0.117. The van der Waals surface area contributed by atoms with Gasteiger partial charge in [-0.15, -0.1) is 0 Å². The number of benzene rings is 1. The lowest BCUT2D eigenvalue weighted by Gasteiger charge is -2.22. The number of halogens is 2. The average Bonchev–Trinajstić information content (AvgIpc) is 2.35. The molecule has 0 aromatic heterocycles. The van der Waals surface area contributed by atoms with Crippen LogP contribution < -0.4 is 10.6 Å². The average molecular weight is 254 g/mol. The smallest absolute Gasteiger partial charge is 0.224 e. The fourth-order valence-corrected chi connectivity index (χ4v) is 2.16. The molecule has 0 unspecified atom stereocenters. The van der Waals surface area contributed by atoms with E-state index in [1.54, 1.807) is 0 Å². The summed E-state index contributed by atoms with van der Waals surface area (Å²) in [6.45, 7) is 1.79. The highest BCUT2D eigenvalue weighted by molar-refractivity contribution is 5.91. The van der Waals surface area contributed by atoms with Gasteiger partial charge in [0.05, 0.1) is 0 Å². The van der Waals surface area contributed by atoms with Crippen molar-refractivity contribution >= 4 is 11.6 Å². The van der Waals surface area contributed by atoms with E-state index in [-0.39, 0.29) is 11.6 Å². The molecule has 1 amide bonds. The van der Waals surface area contributed by atoms with E-state index in [4.69, 9.17) is 0 Å². The molecule has 3 nitrogen and oxygen atoms in total. The molecule has 1 aliphatic rings. The molecule has 1 heterocycles. The number of hydrogen-bond donors (Lipinski definition) is 2. The molecule has 5 heteroatoms. The number of nitrogens with one attached hydrogen (secondary N) is 2. The van der Waals surface area contributed by atoms with Crippen molar-refractivity contribution in [1.29, 1.82) is 0 Å². The van der Waals surface area contributed by atoms with Crippen LogP contribution in [-0.4, -0.2) is 19.0 Å². The van der Waals surface area contributed by atoms with E-state index in [0.29, 0.717) is 12.3 Å². The fourth-order valence-electron chi connectivity index (χ4n) is 2.16. The Labute approximate surface area is 105 Å². The number of carbonyl (C=O) groups is 1. The molecule has 0 aliphatic carbocycles. The number of rotatable bonds is 3. The first kappa shape index (κ1) is 13.0. The van der Waals surface area contributed by atoms with Crippen LogP contribution in [0.4, 0.5) is 14.5 Å². The molecule has 0 atom stereocenters. The second-order valence-corrected chi connectivity index (χ2v) is 4.54. The van der Waals surface area contributed by atoms with Crippen molar-refractivity contribution in [1.82, 2.24) is 5.32 Å². The molecule has 0 spiro atoms. The lowest BCUT2D eigenvalue weighted by Crippen LogP contribution is -2.30. The standard InChI is InChI=1S/C13H16F2N2O/c14-10-2-1-3-11(15)13(10)17-12(18)8-9-4-6-16-7-5-9/h1-3,9,16H,4-8H2,(H,17,18). The van der Waals surface area contributed by atoms with E-state index in [2.05, 4.69) is 10.6 Å². The summed E-state index contributed by atoms with van der Waals surface area (Å²) in [7, 11) is 0. The first-order valence-electron chi connectivity index (χ1n) is 6.11. The van der Waals surface area contributed by atoms with E-state index >= 15 is 0 Å². The molecule has 2 N–H and O–H groups in total. The second-order valence-electron chi connectivity index (χ2n) is 4.54. The van der Waals surface area contributed by atoms with Crippen molar-refractivity contribution in [2.45, 2.75) is 19.3 Å². The third-order valence-corrected chi connectivity index (χ3v) is 3.16. The monoisotopic (exact) mass is 254 g/mol. The molecule has 0 saturated carbocycles. The summed E-state index contributed by atoms with van der Waals surface area (Å²) in [5, 5.41) is 5.52. The Bertz CT molecular complexity index is 411. The molecule has 98 valence electrons. The van der Waals surface area contributed by atoms with Gasteiger partial charge in [-0.25, -0.2) is 8.78 Å². The van der Waals surface area contributed by atoms with Crippen LogP contribution in [-0.2, 0) is 4.79 Å². The molecule has 1 aromatic carbocycles. The molecule has 18 heavy (non-hydrogen) atoms. The Hall–Kier alpha value is -1.49. The molecule has 0 radical (unpaired) electrons. The zero-order valence-electron chi connectivity index (χ0n) is 10.0. The maximum absolute atomic E-state index is 13.3. The largest absolute Gasteiger partial charge is 0.321 e. The normalized spacial score (nSPS) is 16.6. The van der Waals surface area contributed by atoms with E-state index < -0.39 is 11.6 Å². The van der Waals surface area contributed by atoms with Crippen molar-refractivity contribution in [3.8, 4) is 0 Å². The minimum atomic E-state index is -0.742. The van der Waals surface area contributed by atoms with E-state index in [9.17, 15) is 13.6 Å². The first-order chi connectivity index (χ1) is 8.66. The van der Waals surface area contributed by atoms with Crippen LogP contribution in [0.5, 0.6) is 0 Å². The molecule has 1 aromatic rings. The quantitative estimate of drug-likeness (QED) is 0.869. The van der Waals surface area contributed by atoms with Gasteiger partial charge < -0.3 is 10.6 Å². The topological polar surface area (TPSA) is 41.1 Å². The van der Waals surface area contributed by atoms with Crippen molar-refractivity contribution in [3.05, 3.63) is 29.8 Å². The van der Waals surface area contributed by atoms with Gasteiger partial charge in [-0.2, -0.15) is 0 Å². The van der Waals surface area contributed by atoms with Gasteiger partial charge in [0.1, 0.15) is 17.3 Å². The highest BCUT2D eigenvalue weighted by Gasteiger charge is 2.18. The Morgan fingerprint density at radius 2 is 1.89 bits per heavy atom. The predicted octanol–water partition coefficient (Wildman–Crippen LogP) is 2.29. The highest BCUT2D eigenvalue weighted by atomic mass is 19.1. The van der Waals surface area contributed by atoms with Crippen molar-refractivity contribution < 1.29 is 13.6 Å². The van der Waals surface area contributed by atoms with Crippen molar-refractivity contribution in [2.75, 3.05) is 18.4 Å². The van der Waals surface area contributed by atoms with Gasteiger partial charge in [-0.1, -0.05) is 6.07 Å². The summed E-state index contributed by atoms with van der Waals surface area (Å²) in [5.41, 5.74) is -0.351. The minimum Gasteiger partial charge on any atom is -0.321 e.